The van der Waals surface area contributed by atoms with Crippen LogP contribution in [-0.2, 0) is 12.6 Å². The number of halogens is 3. The zero-order chi connectivity index (χ0) is 13.2. The van der Waals surface area contributed by atoms with Crippen LogP contribution < -0.4 is 0 Å². The first-order valence-corrected chi connectivity index (χ1v) is 5.72. The van der Waals surface area contributed by atoms with E-state index in [1.54, 1.807) is 12.3 Å². The SMILES string of the molecule is CCCc1cnc(-c2cccc(C(F)(F)F)c2)[nH]1. The van der Waals surface area contributed by atoms with E-state index in [1.807, 2.05) is 6.92 Å². The summed E-state index contributed by atoms with van der Waals surface area (Å²) >= 11 is 0. The summed E-state index contributed by atoms with van der Waals surface area (Å²) in [7, 11) is 0. The Balaban J connectivity index is 2.32. The zero-order valence-corrected chi connectivity index (χ0v) is 9.88. The number of rotatable bonds is 3. The monoisotopic (exact) mass is 254 g/mol. The van der Waals surface area contributed by atoms with Crippen molar-refractivity contribution in [3.63, 3.8) is 0 Å². The van der Waals surface area contributed by atoms with Crippen molar-refractivity contribution < 1.29 is 13.2 Å². The van der Waals surface area contributed by atoms with Gasteiger partial charge in [-0.15, -0.1) is 0 Å². The average Bonchev–Trinajstić information content (AvgIpc) is 2.77. The summed E-state index contributed by atoms with van der Waals surface area (Å²) < 4.78 is 37.7. The summed E-state index contributed by atoms with van der Waals surface area (Å²) in [5.74, 6) is 0.476. The number of hydrogen-bond donors (Lipinski definition) is 1. The van der Waals surface area contributed by atoms with Crippen LogP contribution >= 0.6 is 0 Å². The molecule has 1 aromatic heterocycles. The van der Waals surface area contributed by atoms with Gasteiger partial charge in [-0.25, -0.2) is 4.98 Å². The van der Waals surface area contributed by atoms with Gasteiger partial charge in [0, 0.05) is 17.5 Å². The normalized spacial score (nSPS) is 11.8. The Morgan fingerprint density at radius 1 is 1.28 bits per heavy atom. The van der Waals surface area contributed by atoms with Gasteiger partial charge in [0.25, 0.3) is 0 Å². The molecule has 5 heteroatoms. The molecule has 0 aliphatic heterocycles. The molecule has 2 nitrogen and oxygen atoms in total. The highest BCUT2D eigenvalue weighted by molar-refractivity contribution is 5.56. The second kappa shape index (κ2) is 4.84. The van der Waals surface area contributed by atoms with Gasteiger partial charge in [0.1, 0.15) is 5.82 Å². The van der Waals surface area contributed by atoms with Crippen molar-refractivity contribution in [1.82, 2.24) is 9.97 Å². The van der Waals surface area contributed by atoms with Crippen LogP contribution in [0.3, 0.4) is 0 Å². The number of benzene rings is 1. The Bertz CT molecular complexity index is 529. The predicted octanol–water partition coefficient (Wildman–Crippen LogP) is 4.05. The minimum Gasteiger partial charge on any atom is -0.342 e. The molecule has 0 amide bonds. The molecule has 0 saturated heterocycles. The topological polar surface area (TPSA) is 28.7 Å². The van der Waals surface area contributed by atoms with E-state index < -0.39 is 11.7 Å². The fourth-order valence-electron chi connectivity index (χ4n) is 1.75. The van der Waals surface area contributed by atoms with Gasteiger partial charge in [-0.1, -0.05) is 25.5 Å². The van der Waals surface area contributed by atoms with Crippen molar-refractivity contribution in [3.8, 4) is 11.4 Å². The number of imidazole rings is 1. The Hall–Kier alpha value is -1.78. The lowest BCUT2D eigenvalue weighted by Gasteiger charge is -2.07. The van der Waals surface area contributed by atoms with E-state index in [0.29, 0.717) is 11.4 Å². The molecule has 0 aliphatic rings. The molecular formula is C13H13F3N2. The Morgan fingerprint density at radius 2 is 2.06 bits per heavy atom. The molecular weight excluding hydrogens is 241 g/mol. The fourth-order valence-corrected chi connectivity index (χ4v) is 1.75. The van der Waals surface area contributed by atoms with Gasteiger partial charge in [-0.05, 0) is 18.6 Å². The molecule has 0 fully saturated rings. The Labute approximate surface area is 103 Å². The average molecular weight is 254 g/mol. The molecule has 0 bridgehead atoms. The van der Waals surface area contributed by atoms with E-state index in [4.69, 9.17) is 0 Å². The minimum atomic E-state index is -4.32. The molecule has 0 saturated carbocycles. The molecule has 0 radical (unpaired) electrons. The van der Waals surface area contributed by atoms with Crippen LogP contribution in [0.15, 0.2) is 30.5 Å². The molecule has 0 atom stereocenters. The number of H-pyrrole nitrogens is 1. The molecule has 1 N–H and O–H groups in total. The number of aromatic nitrogens is 2. The third kappa shape index (κ3) is 2.72. The Kier molecular flexibility index (Phi) is 3.41. The van der Waals surface area contributed by atoms with Crippen molar-refractivity contribution in [1.29, 1.82) is 0 Å². The number of aromatic amines is 1. The van der Waals surface area contributed by atoms with Crippen molar-refractivity contribution in [3.05, 3.63) is 41.7 Å². The van der Waals surface area contributed by atoms with Gasteiger partial charge >= 0.3 is 6.18 Å². The van der Waals surface area contributed by atoms with Gasteiger partial charge < -0.3 is 4.98 Å². The highest BCUT2D eigenvalue weighted by atomic mass is 19.4. The minimum absolute atomic E-state index is 0.451. The molecule has 0 unspecified atom stereocenters. The lowest BCUT2D eigenvalue weighted by molar-refractivity contribution is -0.137. The zero-order valence-electron chi connectivity index (χ0n) is 9.88. The summed E-state index contributed by atoms with van der Waals surface area (Å²) in [6, 6.07) is 5.16. The van der Waals surface area contributed by atoms with Crippen molar-refractivity contribution in [2.24, 2.45) is 0 Å². The van der Waals surface area contributed by atoms with E-state index in [0.717, 1.165) is 30.7 Å². The summed E-state index contributed by atoms with van der Waals surface area (Å²) in [6.45, 7) is 2.03. The third-order valence-electron chi connectivity index (χ3n) is 2.61. The molecule has 18 heavy (non-hydrogen) atoms. The van der Waals surface area contributed by atoms with E-state index in [1.165, 1.54) is 6.07 Å². The molecule has 1 aromatic carbocycles. The molecule has 0 spiro atoms. The van der Waals surface area contributed by atoms with Gasteiger partial charge in [0.15, 0.2) is 0 Å². The van der Waals surface area contributed by atoms with Crippen molar-refractivity contribution in [2.45, 2.75) is 25.9 Å². The van der Waals surface area contributed by atoms with Gasteiger partial charge in [-0.3, -0.25) is 0 Å². The van der Waals surface area contributed by atoms with Crippen LogP contribution in [0, 0.1) is 0 Å². The molecule has 1 heterocycles. The van der Waals surface area contributed by atoms with Crippen LogP contribution in [0.2, 0.25) is 0 Å². The third-order valence-corrected chi connectivity index (χ3v) is 2.61. The molecule has 2 aromatic rings. The largest absolute Gasteiger partial charge is 0.416 e. The number of hydrogen-bond acceptors (Lipinski definition) is 1. The number of alkyl halides is 3. The number of nitrogens with zero attached hydrogens (tertiary/aromatic N) is 1. The van der Waals surface area contributed by atoms with E-state index >= 15 is 0 Å². The highest BCUT2D eigenvalue weighted by Crippen LogP contribution is 2.31. The highest BCUT2D eigenvalue weighted by Gasteiger charge is 2.30. The van der Waals surface area contributed by atoms with E-state index in [-0.39, 0.29) is 0 Å². The molecule has 2 rings (SSSR count). The van der Waals surface area contributed by atoms with Gasteiger partial charge in [-0.2, -0.15) is 13.2 Å². The van der Waals surface area contributed by atoms with Crippen molar-refractivity contribution >= 4 is 0 Å². The number of aryl methyl sites for hydroxylation is 1. The van der Waals surface area contributed by atoms with E-state index in [9.17, 15) is 13.2 Å². The van der Waals surface area contributed by atoms with E-state index in [2.05, 4.69) is 9.97 Å². The Morgan fingerprint density at radius 3 is 2.72 bits per heavy atom. The second-order valence-electron chi connectivity index (χ2n) is 4.09. The smallest absolute Gasteiger partial charge is 0.342 e. The summed E-state index contributed by atoms with van der Waals surface area (Å²) in [5, 5.41) is 0. The second-order valence-corrected chi connectivity index (χ2v) is 4.09. The summed E-state index contributed by atoms with van der Waals surface area (Å²) in [5.41, 5.74) is 0.727. The van der Waals surface area contributed by atoms with Crippen LogP contribution in [0.5, 0.6) is 0 Å². The maximum absolute atomic E-state index is 12.6. The summed E-state index contributed by atoms with van der Waals surface area (Å²) in [6.07, 6.45) is -0.857. The van der Waals surface area contributed by atoms with Gasteiger partial charge in [0.05, 0.1) is 5.56 Å². The van der Waals surface area contributed by atoms with Crippen LogP contribution in [0.1, 0.15) is 24.6 Å². The van der Waals surface area contributed by atoms with Crippen LogP contribution in [0.25, 0.3) is 11.4 Å². The van der Waals surface area contributed by atoms with Crippen LogP contribution in [0.4, 0.5) is 13.2 Å². The first-order chi connectivity index (χ1) is 8.50. The molecule has 96 valence electrons. The first kappa shape index (κ1) is 12.7. The summed E-state index contributed by atoms with van der Waals surface area (Å²) in [4.78, 5) is 7.14. The van der Waals surface area contributed by atoms with Crippen molar-refractivity contribution in [2.75, 3.05) is 0 Å². The standard InChI is InChI=1S/C13H13F3N2/c1-2-4-11-8-17-12(18-11)9-5-3-6-10(7-9)13(14,15)16/h3,5-8H,2,4H2,1H3,(H,17,18). The number of nitrogens with one attached hydrogen (secondary N) is 1. The lowest BCUT2D eigenvalue weighted by atomic mass is 10.1. The maximum Gasteiger partial charge on any atom is 0.416 e. The first-order valence-electron chi connectivity index (χ1n) is 5.72. The van der Waals surface area contributed by atoms with Crippen LogP contribution in [-0.4, -0.2) is 9.97 Å². The maximum atomic E-state index is 12.6. The molecule has 0 aliphatic carbocycles. The quantitative estimate of drug-likeness (QED) is 0.879. The van der Waals surface area contributed by atoms with Gasteiger partial charge in [0.2, 0.25) is 0 Å². The lowest BCUT2D eigenvalue weighted by Crippen LogP contribution is -2.04. The fraction of sp³-hybridized carbons (Fsp3) is 0.308. The predicted molar refractivity (Wildman–Crippen MR) is 63.0 cm³/mol.